The number of carbonyl (C=O) groups excluding carboxylic acids is 1. The van der Waals surface area contributed by atoms with Crippen molar-refractivity contribution in [1.29, 1.82) is 0 Å². The number of hydrogen-bond donors (Lipinski definition) is 3. The van der Waals surface area contributed by atoms with Crippen LogP contribution >= 0.6 is 11.8 Å². The Morgan fingerprint density at radius 3 is 2.95 bits per heavy atom. The average Bonchev–Trinajstić information content (AvgIpc) is 2.72. The molecule has 116 valence electrons. The van der Waals surface area contributed by atoms with Crippen molar-refractivity contribution in [3.63, 3.8) is 0 Å². The molecule has 1 amide bonds. The quantitative estimate of drug-likeness (QED) is 0.269. The van der Waals surface area contributed by atoms with E-state index in [1.807, 2.05) is 0 Å². The Kier molecular flexibility index (Phi) is 4.89. The second-order valence-corrected chi connectivity index (χ2v) is 6.16. The van der Waals surface area contributed by atoms with Crippen molar-refractivity contribution in [2.75, 3.05) is 12.3 Å². The molecule has 0 aliphatic carbocycles. The predicted octanol–water partition coefficient (Wildman–Crippen LogP) is 0.223. The molecular weight excluding hydrogens is 294 g/mol. The molecule has 1 fully saturated rings. The van der Waals surface area contributed by atoms with Gasteiger partial charge in [-0.15, -0.1) is 11.8 Å². The molecule has 2 aliphatic heterocycles. The topological polar surface area (TPSA) is 102 Å². The molecule has 0 radical (unpaired) electrons. The second-order valence-electron chi connectivity index (χ2n) is 4.97. The lowest BCUT2D eigenvalue weighted by Crippen LogP contribution is -2.61. The number of carboxylic acids is 1. The van der Waals surface area contributed by atoms with Gasteiger partial charge in [0, 0.05) is 29.8 Å². The maximum absolute atomic E-state index is 12.0. The van der Waals surface area contributed by atoms with Crippen LogP contribution in [0.1, 0.15) is 20.3 Å². The number of β-lactam (4-membered cyclic amide) rings is 1. The van der Waals surface area contributed by atoms with Crippen LogP contribution in [0, 0.1) is 5.92 Å². The van der Waals surface area contributed by atoms with Gasteiger partial charge in [0.15, 0.2) is 0 Å². The summed E-state index contributed by atoms with van der Waals surface area (Å²) in [5, 5.41) is 22.8. The van der Waals surface area contributed by atoms with E-state index in [-0.39, 0.29) is 17.6 Å². The van der Waals surface area contributed by atoms with E-state index in [0.29, 0.717) is 23.6 Å². The summed E-state index contributed by atoms with van der Waals surface area (Å²) >= 11 is 1.42. The van der Waals surface area contributed by atoms with Gasteiger partial charge in [0.1, 0.15) is 5.70 Å². The van der Waals surface area contributed by atoms with Crippen LogP contribution in [-0.2, 0) is 9.59 Å². The highest BCUT2D eigenvalue weighted by Crippen LogP contribution is 2.46. The van der Waals surface area contributed by atoms with Crippen molar-refractivity contribution in [1.82, 2.24) is 10.3 Å². The van der Waals surface area contributed by atoms with E-state index in [2.05, 4.69) is 10.5 Å². The minimum absolute atomic E-state index is 0.0749. The number of carbonyl (C=O) groups is 2. The third-order valence-corrected chi connectivity index (χ3v) is 4.72. The molecule has 3 atom stereocenters. The Labute approximate surface area is 127 Å². The molecule has 1 saturated heterocycles. The molecule has 8 heteroatoms. The maximum atomic E-state index is 12.0. The zero-order valence-electron chi connectivity index (χ0n) is 11.9. The molecule has 0 unspecified atom stereocenters. The lowest BCUT2D eigenvalue weighted by atomic mass is 9.83. The number of carboxylic acid groups (broad SMARTS) is 1. The van der Waals surface area contributed by atoms with E-state index in [0.717, 1.165) is 0 Å². The predicted molar refractivity (Wildman–Crippen MR) is 79.7 cm³/mol. The fourth-order valence-electron chi connectivity index (χ4n) is 2.74. The zero-order chi connectivity index (χ0) is 15.6. The minimum atomic E-state index is -1.09. The molecule has 7 nitrogen and oxygen atoms in total. The van der Waals surface area contributed by atoms with Crippen LogP contribution < -0.4 is 5.43 Å². The molecule has 0 bridgehead atoms. The van der Waals surface area contributed by atoms with E-state index in [1.54, 1.807) is 20.1 Å². The lowest BCUT2D eigenvalue weighted by molar-refractivity contribution is -0.161. The first-order valence-corrected chi connectivity index (χ1v) is 7.78. The molecule has 0 aromatic carbocycles. The van der Waals surface area contributed by atoms with Gasteiger partial charge >= 0.3 is 5.97 Å². The molecule has 3 N–H and O–H groups in total. The number of fused-ring (bicyclic) bond motifs is 1. The van der Waals surface area contributed by atoms with Crippen LogP contribution in [0.2, 0.25) is 0 Å². The number of nitrogens with one attached hydrogen (secondary N) is 1. The third-order valence-electron chi connectivity index (χ3n) is 3.60. The second kappa shape index (κ2) is 6.48. The van der Waals surface area contributed by atoms with Crippen LogP contribution in [0.25, 0.3) is 0 Å². The lowest BCUT2D eigenvalue weighted by Gasteiger charge is -2.44. The Bertz CT molecular complexity index is 504. The summed E-state index contributed by atoms with van der Waals surface area (Å²) < 4.78 is 0. The van der Waals surface area contributed by atoms with Gasteiger partial charge in [-0.25, -0.2) is 4.79 Å². The molecule has 2 rings (SSSR count). The highest BCUT2D eigenvalue weighted by atomic mass is 32.2. The molecule has 21 heavy (non-hydrogen) atoms. The largest absolute Gasteiger partial charge is 0.477 e. The van der Waals surface area contributed by atoms with E-state index in [1.165, 1.54) is 16.7 Å². The summed E-state index contributed by atoms with van der Waals surface area (Å²) in [6.07, 6.45) is 1.39. The minimum Gasteiger partial charge on any atom is -0.477 e. The number of aliphatic hydroxyl groups is 1. The summed E-state index contributed by atoms with van der Waals surface area (Å²) in [6, 6.07) is -0.215. The van der Waals surface area contributed by atoms with Gasteiger partial charge in [-0.05, 0) is 13.8 Å². The van der Waals surface area contributed by atoms with Gasteiger partial charge in [0.05, 0.1) is 18.1 Å². The van der Waals surface area contributed by atoms with Gasteiger partial charge in [-0.1, -0.05) is 0 Å². The molecule has 0 aromatic rings. The van der Waals surface area contributed by atoms with E-state index in [9.17, 15) is 19.8 Å². The van der Waals surface area contributed by atoms with Gasteiger partial charge in [-0.2, -0.15) is 5.10 Å². The highest BCUT2D eigenvalue weighted by molar-refractivity contribution is 8.03. The number of aliphatic carboxylic acids is 1. The number of hydrazone groups is 1. The normalized spacial score (nSPS) is 26.0. The van der Waals surface area contributed by atoms with Crippen LogP contribution in [-0.4, -0.2) is 57.6 Å². The Balaban J connectivity index is 2.03. The van der Waals surface area contributed by atoms with E-state index < -0.39 is 18.0 Å². The van der Waals surface area contributed by atoms with Gasteiger partial charge in [0.25, 0.3) is 0 Å². The average molecular weight is 313 g/mol. The molecule has 0 spiro atoms. The molecule has 2 heterocycles. The van der Waals surface area contributed by atoms with Crippen LogP contribution in [0.5, 0.6) is 0 Å². The standard InChI is InChI=1S/C13H19N3O4S/c1-3-14-15-4-5-21-9-6-8-10(7(2)17)12(18)16(8)11(9)13(19)20/h3,7-8,10,15,17H,4-6H2,1-2H3,(H,19,20)/b14-3+/t7-,8-,10-/m1/s1. The van der Waals surface area contributed by atoms with Crippen molar-refractivity contribution in [3.05, 3.63) is 10.6 Å². The first kappa shape index (κ1) is 15.8. The molecule has 0 saturated carbocycles. The van der Waals surface area contributed by atoms with Gasteiger partial charge in [0.2, 0.25) is 5.91 Å². The summed E-state index contributed by atoms with van der Waals surface area (Å²) in [7, 11) is 0. The van der Waals surface area contributed by atoms with Crippen LogP contribution in [0.3, 0.4) is 0 Å². The zero-order valence-corrected chi connectivity index (χ0v) is 12.8. The van der Waals surface area contributed by atoms with E-state index >= 15 is 0 Å². The number of aliphatic hydroxyl groups excluding tert-OH is 1. The number of nitrogens with zero attached hydrogens (tertiary/aromatic N) is 2. The maximum Gasteiger partial charge on any atom is 0.353 e. The van der Waals surface area contributed by atoms with Gasteiger partial charge < -0.3 is 20.5 Å². The summed E-state index contributed by atoms with van der Waals surface area (Å²) in [6.45, 7) is 3.98. The fourth-order valence-corrected chi connectivity index (χ4v) is 3.79. The number of hydrogen-bond acceptors (Lipinski definition) is 6. The smallest absolute Gasteiger partial charge is 0.353 e. The Morgan fingerprint density at radius 2 is 2.38 bits per heavy atom. The fraction of sp³-hybridized carbons (Fsp3) is 0.615. The van der Waals surface area contributed by atoms with Gasteiger partial charge in [-0.3, -0.25) is 4.79 Å². The molecular formula is C13H19N3O4S. The van der Waals surface area contributed by atoms with Crippen LogP contribution in [0.15, 0.2) is 15.7 Å². The first-order valence-electron chi connectivity index (χ1n) is 6.80. The van der Waals surface area contributed by atoms with Crippen LogP contribution in [0.4, 0.5) is 0 Å². The first-order chi connectivity index (χ1) is 9.99. The van der Waals surface area contributed by atoms with Crippen molar-refractivity contribution in [2.24, 2.45) is 11.0 Å². The third kappa shape index (κ3) is 2.91. The van der Waals surface area contributed by atoms with Crippen molar-refractivity contribution >= 4 is 29.9 Å². The van der Waals surface area contributed by atoms with Crippen molar-refractivity contribution in [2.45, 2.75) is 32.4 Å². The Morgan fingerprint density at radius 1 is 1.67 bits per heavy atom. The highest BCUT2D eigenvalue weighted by Gasteiger charge is 2.56. The van der Waals surface area contributed by atoms with E-state index in [4.69, 9.17) is 0 Å². The Hall–Kier alpha value is -1.54. The number of thioether (sulfide) groups is 1. The monoisotopic (exact) mass is 313 g/mol. The number of amides is 1. The summed E-state index contributed by atoms with van der Waals surface area (Å²) in [5.74, 6) is -1.20. The van der Waals surface area contributed by atoms with Crippen molar-refractivity contribution in [3.8, 4) is 0 Å². The molecule has 0 aromatic heterocycles. The SMILES string of the molecule is C/C=N/NCCSC1=C(C(=O)O)N2C(=O)[C@H]([C@@H](C)O)[C@H]2C1. The van der Waals surface area contributed by atoms with Crippen molar-refractivity contribution < 1.29 is 19.8 Å². The molecule has 2 aliphatic rings. The number of rotatable bonds is 7. The summed E-state index contributed by atoms with van der Waals surface area (Å²) in [4.78, 5) is 25.4. The summed E-state index contributed by atoms with van der Waals surface area (Å²) in [5.41, 5.74) is 2.91.